The van der Waals surface area contributed by atoms with Crippen molar-refractivity contribution in [3.05, 3.63) is 45.3 Å². The topological polar surface area (TPSA) is 118 Å². The van der Waals surface area contributed by atoms with Crippen LogP contribution in [0.3, 0.4) is 0 Å². The summed E-state index contributed by atoms with van der Waals surface area (Å²) in [5.41, 5.74) is 6.59. The molecule has 0 aliphatic carbocycles. The number of nitrogens with two attached hydrogens (primary N) is 1. The quantitative estimate of drug-likeness (QED) is 0.685. The van der Waals surface area contributed by atoms with Crippen molar-refractivity contribution in [2.75, 3.05) is 5.32 Å². The number of sulfonamides is 1. The number of anilines is 1. The van der Waals surface area contributed by atoms with Crippen LogP contribution in [0.1, 0.15) is 57.5 Å². The van der Waals surface area contributed by atoms with Gasteiger partial charge < -0.3 is 11.1 Å². The maximum atomic E-state index is 12.8. The number of rotatable bonds is 5. The minimum Gasteiger partial charge on any atom is -0.365 e. The third-order valence-corrected chi connectivity index (χ3v) is 6.94. The van der Waals surface area contributed by atoms with Crippen molar-refractivity contribution < 1.29 is 18.0 Å². The summed E-state index contributed by atoms with van der Waals surface area (Å²) < 4.78 is 27.7. The predicted molar refractivity (Wildman–Crippen MR) is 112 cm³/mol. The van der Waals surface area contributed by atoms with Crippen molar-refractivity contribution in [1.82, 2.24) is 4.72 Å². The first-order chi connectivity index (χ1) is 12.7. The highest BCUT2D eigenvalue weighted by Crippen LogP contribution is 2.32. The second kappa shape index (κ2) is 7.65. The largest absolute Gasteiger partial charge is 0.365 e. The number of primary amides is 1. The van der Waals surface area contributed by atoms with Gasteiger partial charge in [0, 0.05) is 16.0 Å². The highest BCUT2D eigenvalue weighted by Gasteiger charge is 2.25. The maximum Gasteiger partial charge on any atom is 0.256 e. The number of thiophene rings is 1. The molecule has 4 N–H and O–H groups in total. The molecule has 2 aromatic rings. The second-order valence-corrected chi connectivity index (χ2v) is 10.5. The average Bonchev–Trinajstić information content (AvgIpc) is 2.79. The van der Waals surface area contributed by atoms with Crippen molar-refractivity contribution in [2.45, 2.75) is 52.0 Å². The molecule has 0 aliphatic rings. The first-order valence-corrected chi connectivity index (χ1v) is 10.9. The molecular formula is C19H25N3O4S2. The number of carbonyl (C=O) groups is 2. The number of aryl methyl sites for hydroxylation is 2. The molecule has 28 heavy (non-hydrogen) atoms. The van der Waals surface area contributed by atoms with E-state index in [4.69, 9.17) is 5.73 Å². The predicted octanol–water partition coefficient (Wildman–Crippen LogP) is 3.10. The van der Waals surface area contributed by atoms with Gasteiger partial charge in [-0.25, -0.2) is 13.1 Å². The molecule has 1 heterocycles. The van der Waals surface area contributed by atoms with Crippen LogP contribution < -0.4 is 15.8 Å². The van der Waals surface area contributed by atoms with Crippen molar-refractivity contribution in [1.29, 1.82) is 0 Å². The van der Waals surface area contributed by atoms with E-state index in [2.05, 4.69) is 10.0 Å². The van der Waals surface area contributed by atoms with Crippen LogP contribution in [0.25, 0.3) is 0 Å². The molecule has 0 saturated heterocycles. The van der Waals surface area contributed by atoms with Gasteiger partial charge in [0.25, 0.3) is 11.8 Å². The first-order valence-electron chi connectivity index (χ1n) is 8.58. The highest BCUT2D eigenvalue weighted by atomic mass is 32.2. The molecule has 9 heteroatoms. The SMILES string of the molecule is Cc1ccc(S(=O)(=O)NC(C)(C)C)cc1C(=O)Nc1sc(C)c(C)c1C(N)=O. The molecule has 1 aromatic carbocycles. The number of benzene rings is 1. The van der Waals surface area contributed by atoms with Gasteiger partial charge in [-0.05, 0) is 64.8 Å². The Hall–Kier alpha value is -2.23. The molecule has 2 rings (SSSR count). The number of nitrogens with one attached hydrogen (secondary N) is 2. The van der Waals surface area contributed by atoms with Gasteiger partial charge >= 0.3 is 0 Å². The van der Waals surface area contributed by atoms with Crippen LogP contribution in [0.2, 0.25) is 0 Å². The minimum atomic E-state index is -3.79. The smallest absolute Gasteiger partial charge is 0.256 e. The lowest BCUT2D eigenvalue weighted by Gasteiger charge is -2.20. The van der Waals surface area contributed by atoms with E-state index < -0.39 is 27.4 Å². The molecule has 0 radical (unpaired) electrons. The van der Waals surface area contributed by atoms with E-state index in [0.717, 1.165) is 10.4 Å². The molecule has 0 atom stereocenters. The van der Waals surface area contributed by atoms with Crippen LogP contribution >= 0.6 is 11.3 Å². The Morgan fingerprint density at radius 2 is 1.71 bits per heavy atom. The van der Waals surface area contributed by atoms with Crippen molar-refractivity contribution in [2.24, 2.45) is 5.73 Å². The average molecular weight is 424 g/mol. The van der Waals surface area contributed by atoms with E-state index in [1.54, 1.807) is 40.7 Å². The first kappa shape index (κ1) is 22.1. The summed E-state index contributed by atoms with van der Waals surface area (Å²) in [6, 6.07) is 4.36. The number of hydrogen-bond donors (Lipinski definition) is 3. The zero-order chi connectivity index (χ0) is 21.4. The molecule has 1 aromatic heterocycles. The number of amides is 2. The molecule has 0 bridgehead atoms. The third-order valence-electron chi connectivity index (χ3n) is 4.06. The monoisotopic (exact) mass is 423 g/mol. The Bertz CT molecular complexity index is 1050. The Labute approximate surface area is 169 Å². The van der Waals surface area contributed by atoms with Gasteiger partial charge in [0.2, 0.25) is 10.0 Å². The lowest BCUT2D eigenvalue weighted by atomic mass is 10.1. The fourth-order valence-corrected chi connectivity index (χ4v) is 5.16. The Morgan fingerprint density at radius 1 is 1.11 bits per heavy atom. The van der Waals surface area contributed by atoms with Crippen LogP contribution in [0.5, 0.6) is 0 Å². The van der Waals surface area contributed by atoms with Gasteiger partial charge in [-0.15, -0.1) is 11.3 Å². The molecule has 152 valence electrons. The minimum absolute atomic E-state index is 0.00756. The fourth-order valence-electron chi connectivity index (χ4n) is 2.66. The van der Waals surface area contributed by atoms with Gasteiger partial charge in [0.1, 0.15) is 5.00 Å². The Morgan fingerprint density at radius 3 is 2.25 bits per heavy atom. The Balaban J connectivity index is 2.43. The van der Waals surface area contributed by atoms with E-state index in [1.807, 2.05) is 6.92 Å². The molecule has 0 unspecified atom stereocenters. The molecule has 7 nitrogen and oxygen atoms in total. The number of hydrogen-bond acceptors (Lipinski definition) is 5. The molecule has 2 amide bonds. The zero-order valence-electron chi connectivity index (χ0n) is 16.8. The normalized spacial score (nSPS) is 12.1. The standard InChI is InChI=1S/C19H25N3O4S2/c1-10-7-8-13(28(25,26)22-19(4,5)6)9-14(10)17(24)21-18-15(16(20)23)11(2)12(3)27-18/h7-9,22H,1-6H3,(H2,20,23)(H,21,24). The molecule has 0 fully saturated rings. The van der Waals surface area contributed by atoms with E-state index in [0.29, 0.717) is 10.6 Å². The van der Waals surface area contributed by atoms with Crippen LogP contribution in [0.15, 0.2) is 23.1 Å². The van der Waals surface area contributed by atoms with E-state index in [1.165, 1.54) is 23.5 Å². The molecule has 0 spiro atoms. The second-order valence-electron chi connectivity index (χ2n) is 7.64. The van der Waals surface area contributed by atoms with Crippen LogP contribution in [-0.2, 0) is 10.0 Å². The maximum absolute atomic E-state index is 12.8. The van der Waals surface area contributed by atoms with Gasteiger partial charge in [-0.3, -0.25) is 9.59 Å². The van der Waals surface area contributed by atoms with Crippen molar-refractivity contribution in [3.8, 4) is 0 Å². The fraction of sp³-hybridized carbons (Fsp3) is 0.368. The van der Waals surface area contributed by atoms with Crippen LogP contribution in [0, 0.1) is 20.8 Å². The summed E-state index contributed by atoms with van der Waals surface area (Å²) >= 11 is 1.25. The van der Waals surface area contributed by atoms with E-state index >= 15 is 0 Å². The lowest BCUT2D eigenvalue weighted by Crippen LogP contribution is -2.40. The molecule has 0 saturated carbocycles. The molecule has 0 aliphatic heterocycles. The van der Waals surface area contributed by atoms with Gasteiger partial charge in [0.05, 0.1) is 10.5 Å². The van der Waals surface area contributed by atoms with Gasteiger partial charge in [-0.2, -0.15) is 0 Å². The summed E-state index contributed by atoms with van der Waals surface area (Å²) in [5, 5.41) is 3.06. The van der Waals surface area contributed by atoms with Crippen molar-refractivity contribution in [3.63, 3.8) is 0 Å². The Kier molecular flexibility index (Phi) is 6.03. The third kappa shape index (κ3) is 4.78. The number of carbonyl (C=O) groups excluding carboxylic acids is 2. The van der Waals surface area contributed by atoms with Crippen molar-refractivity contribution >= 4 is 38.2 Å². The summed E-state index contributed by atoms with van der Waals surface area (Å²) in [6.07, 6.45) is 0. The lowest BCUT2D eigenvalue weighted by molar-refractivity contribution is 0.100. The summed E-state index contributed by atoms with van der Waals surface area (Å²) in [5.74, 6) is -1.13. The van der Waals surface area contributed by atoms with E-state index in [9.17, 15) is 18.0 Å². The van der Waals surface area contributed by atoms with Crippen LogP contribution in [0.4, 0.5) is 5.00 Å². The summed E-state index contributed by atoms with van der Waals surface area (Å²) in [6.45, 7) is 10.5. The molecular weight excluding hydrogens is 398 g/mol. The summed E-state index contributed by atoms with van der Waals surface area (Å²) in [4.78, 5) is 25.4. The summed E-state index contributed by atoms with van der Waals surface area (Å²) in [7, 11) is -3.79. The zero-order valence-corrected chi connectivity index (χ0v) is 18.4. The highest BCUT2D eigenvalue weighted by molar-refractivity contribution is 7.89. The van der Waals surface area contributed by atoms with Gasteiger partial charge in [-0.1, -0.05) is 6.07 Å². The van der Waals surface area contributed by atoms with Crippen LogP contribution in [-0.4, -0.2) is 25.8 Å². The van der Waals surface area contributed by atoms with Gasteiger partial charge in [0.15, 0.2) is 0 Å². The van der Waals surface area contributed by atoms with E-state index in [-0.39, 0.29) is 16.0 Å².